The van der Waals surface area contributed by atoms with Crippen LogP contribution in [0.4, 0.5) is 5.69 Å². The maximum atomic E-state index is 10.0. The zero-order valence-corrected chi connectivity index (χ0v) is 14.6. The fourth-order valence-electron chi connectivity index (χ4n) is 2.27. The fourth-order valence-corrected chi connectivity index (χ4v) is 2.51. The molecule has 0 fully saturated rings. The van der Waals surface area contributed by atoms with Crippen LogP contribution in [0.3, 0.4) is 0 Å². The fraction of sp³-hybridized carbons (Fsp3) is 0.438. The number of benzene rings is 1. The van der Waals surface area contributed by atoms with Crippen LogP contribution in [0.1, 0.15) is 32.3 Å². The number of hydrogen-bond acceptors (Lipinski definition) is 4. The molecule has 0 unspecified atom stereocenters. The summed E-state index contributed by atoms with van der Waals surface area (Å²) in [5.41, 5.74) is 2.38. The minimum atomic E-state index is -0.0163. The molecule has 23 heavy (non-hydrogen) atoms. The van der Waals surface area contributed by atoms with E-state index in [4.69, 9.17) is 17.0 Å². The lowest BCUT2D eigenvalue weighted by molar-refractivity contribution is 0.179. The van der Waals surface area contributed by atoms with Gasteiger partial charge in [-0.2, -0.15) is 0 Å². The predicted molar refractivity (Wildman–Crippen MR) is 95.6 cm³/mol. The van der Waals surface area contributed by atoms with Gasteiger partial charge in [0.05, 0.1) is 12.1 Å². The van der Waals surface area contributed by atoms with Crippen LogP contribution in [0, 0.1) is 0 Å². The quantitative estimate of drug-likeness (QED) is 0.570. The number of hydrogen-bond donors (Lipinski definition) is 3. The Morgan fingerprint density at radius 2 is 2.13 bits per heavy atom. The minimum absolute atomic E-state index is 0.0163. The molecular formula is C16H22N4O2S. The highest BCUT2D eigenvalue weighted by atomic mass is 32.1. The lowest BCUT2D eigenvalue weighted by atomic mass is 10.0. The first kappa shape index (κ1) is 17.4. The van der Waals surface area contributed by atoms with Gasteiger partial charge in [0, 0.05) is 18.5 Å². The summed E-state index contributed by atoms with van der Waals surface area (Å²) in [4.78, 5) is 2.90. The van der Waals surface area contributed by atoms with Gasteiger partial charge in [0.15, 0.2) is 5.69 Å². The summed E-state index contributed by atoms with van der Waals surface area (Å²) in [5.74, 6) is 0.372. The number of ether oxygens (including phenoxy) is 1. The molecule has 0 amide bonds. The van der Waals surface area contributed by atoms with Crippen molar-refractivity contribution in [1.82, 2.24) is 10.3 Å². The molecule has 124 valence electrons. The number of H-pyrrole nitrogens is 1. The number of aromatic amines is 1. The van der Waals surface area contributed by atoms with Gasteiger partial charge in [-0.25, -0.2) is 0 Å². The topological polar surface area (TPSA) is 82.0 Å². The second-order valence-electron chi connectivity index (χ2n) is 5.79. The number of azo groups is 1. The highest BCUT2D eigenvalue weighted by molar-refractivity contribution is 7.80. The third-order valence-electron chi connectivity index (χ3n) is 3.47. The summed E-state index contributed by atoms with van der Waals surface area (Å²) >= 11 is 5.13. The molecule has 0 radical (unpaired) electrons. The molecule has 0 aliphatic rings. The van der Waals surface area contributed by atoms with Gasteiger partial charge in [-0.05, 0) is 42.8 Å². The Bertz CT molecular complexity index is 724. The number of methoxy groups -OCH3 is 1. The number of rotatable bonds is 5. The third kappa shape index (κ3) is 4.27. The van der Waals surface area contributed by atoms with E-state index in [-0.39, 0.29) is 17.0 Å². The number of aromatic nitrogens is 1. The molecule has 6 nitrogen and oxygen atoms in total. The van der Waals surface area contributed by atoms with E-state index in [1.807, 2.05) is 25.1 Å². The summed E-state index contributed by atoms with van der Waals surface area (Å²) in [6.07, 6.45) is 0. The molecule has 0 saturated heterocycles. The van der Waals surface area contributed by atoms with Crippen LogP contribution in [-0.4, -0.2) is 35.0 Å². The average Bonchev–Trinajstić information content (AvgIpc) is 2.79. The molecule has 0 spiro atoms. The predicted octanol–water partition coefficient (Wildman–Crippen LogP) is 3.99. The van der Waals surface area contributed by atoms with Crippen molar-refractivity contribution in [2.75, 3.05) is 13.7 Å². The van der Waals surface area contributed by atoms with E-state index in [2.05, 4.69) is 34.4 Å². The van der Waals surface area contributed by atoms with Crippen molar-refractivity contribution in [2.24, 2.45) is 10.2 Å². The number of thiocarbonyl (C=S) groups is 1. The number of aromatic hydroxyl groups is 1. The number of fused-ring (bicyclic) bond motifs is 1. The smallest absolute Gasteiger partial charge is 0.218 e. The van der Waals surface area contributed by atoms with Gasteiger partial charge in [0.25, 0.3) is 0 Å². The molecule has 1 aromatic heterocycles. The van der Waals surface area contributed by atoms with E-state index in [0.717, 1.165) is 10.9 Å². The van der Waals surface area contributed by atoms with Crippen LogP contribution in [0.25, 0.3) is 10.9 Å². The maximum Gasteiger partial charge on any atom is 0.218 e. The molecule has 1 aromatic carbocycles. The lowest BCUT2D eigenvalue weighted by Crippen LogP contribution is -2.33. The van der Waals surface area contributed by atoms with Crippen molar-refractivity contribution in [3.63, 3.8) is 0 Å². The van der Waals surface area contributed by atoms with E-state index in [9.17, 15) is 5.11 Å². The zero-order chi connectivity index (χ0) is 17.0. The Morgan fingerprint density at radius 3 is 2.78 bits per heavy atom. The SMILES string of the molecule is COC[C@H](C)NC(=S)N=Nc1c(O)[nH]c2ccc(C(C)C)cc12. The summed E-state index contributed by atoms with van der Waals surface area (Å²) < 4.78 is 5.03. The van der Waals surface area contributed by atoms with Gasteiger partial charge in [-0.1, -0.05) is 19.9 Å². The molecule has 1 atom stereocenters. The molecular weight excluding hydrogens is 312 g/mol. The van der Waals surface area contributed by atoms with Crippen molar-refractivity contribution in [3.05, 3.63) is 23.8 Å². The molecule has 0 aliphatic heterocycles. The van der Waals surface area contributed by atoms with Gasteiger partial charge in [0.1, 0.15) is 0 Å². The zero-order valence-electron chi connectivity index (χ0n) is 13.8. The Morgan fingerprint density at radius 1 is 1.39 bits per heavy atom. The van der Waals surface area contributed by atoms with E-state index >= 15 is 0 Å². The molecule has 0 saturated carbocycles. The molecule has 0 bridgehead atoms. The molecule has 7 heteroatoms. The minimum Gasteiger partial charge on any atom is -0.493 e. The highest BCUT2D eigenvalue weighted by Crippen LogP contribution is 2.36. The van der Waals surface area contributed by atoms with Gasteiger partial charge in [-0.15, -0.1) is 10.2 Å². The van der Waals surface area contributed by atoms with Crippen molar-refractivity contribution in [1.29, 1.82) is 0 Å². The Labute approximate surface area is 141 Å². The van der Waals surface area contributed by atoms with Gasteiger partial charge in [-0.3, -0.25) is 0 Å². The second kappa shape index (κ2) is 7.52. The monoisotopic (exact) mass is 334 g/mol. The normalized spacial score (nSPS) is 13.1. The van der Waals surface area contributed by atoms with Crippen LogP contribution in [-0.2, 0) is 4.74 Å². The van der Waals surface area contributed by atoms with Gasteiger partial charge < -0.3 is 20.1 Å². The van der Waals surface area contributed by atoms with E-state index in [0.29, 0.717) is 18.2 Å². The van der Waals surface area contributed by atoms with E-state index in [1.165, 1.54) is 5.56 Å². The van der Waals surface area contributed by atoms with Crippen molar-refractivity contribution >= 4 is 33.9 Å². The maximum absolute atomic E-state index is 10.0. The second-order valence-corrected chi connectivity index (χ2v) is 6.17. The van der Waals surface area contributed by atoms with E-state index in [1.54, 1.807) is 7.11 Å². The first-order valence-electron chi connectivity index (χ1n) is 7.48. The largest absolute Gasteiger partial charge is 0.493 e. The Hall–Kier alpha value is -1.99. The van der Waals surface area contributed by atoms with Crippen LogP contribution in [0.2, 0.25) is 0 Å². The van der Waals surface area contributed by atoms with Crippen LogP contribution in [0.15, 0.2) is 28.4 Å². The van der Waals surface area contributed by atoms with Crippen LogP contribution < -0.4 is 5.32 Å². The summed E-state index contributed by atoms with van der Waals surface area (Å²) in [5, 5.41) is 22.2. The first-order chi connectivity index (χ1) is 10.9. The van der Waals surface area contributed by atoms with E-state index < -0.39 is 0 Å². The lowest BCUT2D eigenvalue weighted by Gasteiger charge is -2.11. The van der Waals surface area contributed by atoms with Crippen molar-refractivity contribution in [3.8, 4) is 5.88 Å². The van der Waals surface area contributed by atoms with Gasteiger partial charge >= 0.3 is 0 Å². The average molecular weight is 334 g/mol. The summed E-state index contributed by atoms with van der Waals surface area (Å²) in [6, 6.07) is 6.01. The molecule has 1 heterocycles. The third-order valence-corrected chi connectivity index (χ3v) is 3.67. The summed E-state index contributed by atoms with van der Waals surface area (Å²) in [6.45, 7) is 6.69. The van der Waals surface area contributed by atoms with Crippen LogP contribution >= 0.6 is 12.2 Å². The van der Waals surface area contributed by atoms with Crippen LogP contribution in [0.5, 0.6) is 5.88 Å². The molecule has 2 rings (SSSR count). The van der Waals surface area contributed by atoms with Crippen molar-refractivity contribution in [2.45, 2.75) is 32.7 Å². The first-order valence-corrected chi connectivity index (χ1v) is 7.89. The number of nitrogens with zero attached hydrogens (tertiary/aromatic N) is 2. The highest BCUT2D eigenvalue weighted by Gasteiger charge is 2.12. The molecule has 2 aromatic rings. The standard InChI is InChI=1S/C16H22N4O2S/c1-9(2)11-5-6-13-12(7-11)14(15(21)18-13)19-20-16(23)17-10(3)8-22-4/h5-7,9-10,18,21H,8H2,1-4H3,(H,17,23)/t10-/m0/s1. The van der Waals surface area contributed by atoms with Crippen molar-refractivity contribution < 1.29 is 9.84 Å². The Kier molecular flexibility index (Phi) is 5.68. The number of nitrogens with one attached hydrogen (secondary N) is 2. The summed E-state index contributed by atoms with van der Waals surface area (Å²) in [7, 11) is 1.62. The van der Waals surface area contributed by atoms with Gasteiger partial charge in [0.2, 0.25) is 11.0 Å². The Balaban J connectivity index is 2.25. The molecule has 0 aliphatic carbocycles. The molecule has 3 N–H and O–H groups in total.